The lowest BCUT2D eigenvalue weighted by atomic mass is 10.0. The van der Waals surface area contributed by atoms with Crippen molar-refractivity contribution in [2.24, 2.45) is 5.16 Å². The predicted molar refractivity (Wildman–Crippen MR) is 74.9 cm³/mol. The van der Waals surface area contributed by atoms with E-state index < -0.39 is 0 Å². The van der Waals surface area contributed by atoms with E-state index in [1.54, 1.807) is 17.9 Å². The van der Waals surface area contributed by atoms with Crippen LogP contribution in [0.1, 0.15) is 18.9 Å². The predicted octanol–water partition coefficient (Wildman–Crippen LogP) is 2.21. The molecule has 1 aromatic rings. The molecule has 0 radical (unpaired) electrons. The largest absolute Gasteiger partial charge is 0.390 e. The molecule has 1 unspecified atom stereocenters. The number of benzene rings is 1. The molecule has 0 aliphatic carbocycles. The number of carbonyl (C=O) groups is 1. The Morgan fingerprint density at radius 3 is 2.89 bits per heavy atom. The van der Waals surface area contributed by atoms with E-state index >= 15 is 0 Å². The standard InChI is InChI=1S/C15H18N2O2/c1-3-9-17(12(2)18)11-14-10-15(16-19-14)13-7-5-4-6-8-13/h3-8,14H,1,9-11H2,2H3. The number of nitrogens with zero attached hydrogens (tertiary/aromatic N) is 2. The highest BCUT2D eigenvalue weighted by molar-refractivity contribution is 6.01. The molecule has 0 spiro atoms. The first-order chi connectivity index (χ1) is 9.20. The van der Waals surface area contributed by atoms with Gasteiger partial charge < -0.3 is 9.74 Å². The van der Waals surface area contributed by atoms with Crippen LogP contribution in [0.3, 0.4) is 0 Å². The van der Waals surface area contributed by atoms with Crippen LogP contribution in [0.5, 0.6) is 0 Å². The smallest absolute Gasteiger partial charge is 0.219 e. The maximum Gasteiger partial charge on any atom is 0.219 e. The maximum atomic E-state index is 11.5. The summed E-state index contributed by atoms with van der Waals surface area (Å²) in [5.74, 6) is 0.0247. The second kappa shape index (κ2) is 6.18. The Bertz CT molecular complexity index is 482. The third kappa shape index (κ3) is 3.44. The summed E-state index contributed by atoms with van der Waals surface area (Å²) in [7, 11) is 0. The van der Waals surface area contributed by atoms with Gasteiger partial charge in [-0.25, -0.2) is 0 Å². The van der Waals surface area contributed by atoms with Crippen LogP contribution in [0.15, 0.2) is 48.1 Å². The average Bonchev–Trinajstić information content (AvgIpc) is 2.88. The number of rotatable bonds is 5. The molecular formula is C15H18N2O2. The van der Waals surface area contributed by atoms with Crippen molar-refractivity contribution in [3.05, 3.63) is 48.6 Å². The maximum absolute atomic E-state index is 11.5. The van der Waals surface area contributed by atoms with E-state index in [1.165, 1.54) is 0 Å². The zero-order chi connectivity index (χ0) is 13.7. The molecule has 1 atom stereocenters. The van der Waals surface area contributed by atoms with Gasteiger partial charge in [0.25, 0.3) is 0 Å². The third-order valence-corrected chi connectivity index (χ3v) is 3.06. The quantitative estimate of drug-likeness (QED) is 0.760. The molecule has 1 aromatic carbocycles. The highest BCUT2D eigenvalue weighted by Gasteiger charge is 2.24. The molecular weight excluding hydrogens is 240 g/mol. The van der Waals surface area contributed by atoms with Crippen molar-refractivity contribution < 1.29 is 9.63 Å². The highest BCUT2D eigenvalue weighted by atomic mass is 16.6. The van der Waals surface area contributed by atoms with Crippen LogP contribution in [0, 0.1) is 0 Å². The van der Waals surface area contributed by atoms with Crippen molar-refractivity contribution in [2.75, 3.05) is 13.1 Å². The van der Waals surface area contributed by atoms with Crippen molar-refractivity contribution in [1.82, 2.24) is 4.90 Å². The lowest BCUT2D eigenvalue weighted by molar-refractivity contribution is -0.130. The van der Waals surface area contributed by atoms with Gasteiger partial charge in [-0.2, -0.15) is 0 Å². The summed E-state index contributed by atoms with van der Waals surface area (Å²) in [4.78, 5) is 18.6. The van der Waals surface area contributed by atoms with Crippen molar-refractivity contribution >= 4 is 11.6 Å². The monoisotopic (exact) mass is 258 g/mol. The fourth-order valence-corrected chi connectivity index (χ4v) is 2.06. The van der Waals surface area contributed by atoms with Crippen LogP contribution in [0.25, 0.3) is 0 Å². The van der Waals surface area contributed by atoms with E-state index in [-0.39, 0.29) is 12.0 Å². The molecule has 0 aromatic heterocycles. The van der Waals surface area contributed by atoms with Crippen molar-refractivity contribution in [1.29, 1.82) is 0 Å². The number of hydrogen-bond donors (Lipinski definition) is 0. The summed E-state index contributed by atoms with van der Waals surface area (Å²) in [5.41, 5.74) is 2.01. The average molecular weight is 258 g/mol. The molecule has 0 fully saturated rings. The number of oxime groups is 1. The minimum atomic E-state index is -0.0703. The fraction of sp³-hybridized carbons (Fsp3) is 0.333. The van der Waals surface area contributed by atoms with Gasteiger partial charge in [0.15, 0.2) is 6.10 Å². The first-order valence-electron chi connectivity index (χ1n) is 6.35. The minimum absolute atomic E-state index is 0.0247. The van der Waals surface area contributed by atoms with E-state index in [1.807, 2.05) is 30.3 Å². The summed E-state index contributed by atoms with van der Waals surface area (Å²) in [6.07, 6.45) is 2.37. The van der Waals surface area contributed by atoms with E-state index in [9.17, 15) is 4.79 Å². The van der Waals surface area contributed by atoms with E-state index in [4.69, 9.17) is 4.84 Å². The summed E-state index contributed by atoms with van der Waals surface area (Å²) in [5, 5.41) is 4.11. The van der Waals surface area contributed by atoms with Crippen LogP contribution in [-0.2, 0) is 9.63 Å². The Morgan fingerprint density at radius 2 is 2.26 bits per heavy atom. The van der Waals surface area contributed by atoms with Crippen LogP contribution < -0.4 is 0 Å². The van der Waals surface area contributed by atoms with Crippen LogP contribution >= 0.6 is 0 Å². The molecule has 1 aliphatic heterocycles. The van der Waals surface area contributed by atoms with Crippen LogP contribution in [-0.4, -0.2) is 35.7 Å². The first-order valence-corrected chi connectivity index (χ1v) is 6.35. The summed E-state index contributed by atoms with van der Waals surface area (Å²) in [6, 6.07) is 9.95. The second-order valence-corrected chi connectivity index (χ2v) is 4.55. The molecule has 19 heavy (non-hydrogen) atoms. The molecule has 2 rings (SSSR count). The Balaban J connectivity index is 1.94. The van der Waals surface area contributed by atoms with Gasteiger partial charge in [-0.1, -0.05) is 41.6 Å². The number of carbonyl (C=O) groups excluding carboxylic acids is 1. The molecule has 0 saturated heterocycles. The molecule has 1 aliphatic rings. The highest BCUT2D eigenvalue weighted by Crippen LogP contribution is 2.17. The van der Waals surface area contributed by atoms with Crippen molar-refractivity contribution in [2.45, 2.75) is 19.4 Å². The van der Waals surface area contributed by atoms with E-state index in [2.05, 4.69) is 11.7 Å². The molecule has 0 saturated carbocycles. The third-order valence-electron chi connectivity index (χ3n) is 3.06. The lowest BCUT2D eigenvalue weighted by Crippen LogP contribution is -2.36. The van der Waals surface area contributed by atoms with Gasteiger partial charge in [-0.3, -0.25) is 4.79 Å². The van der Waals surface area contributed by atoms with Gasteiger partial charge in [-0.15, -0.1) is 6.58 Å². The molecule has 4 nitrogen and oxygen atoms in total. The Morgan fingerprint density at radius 1 is 1.53 bits per heavy atom. The minimum Gasteiger partial charge on any atom is -0.390 e. The zero-order valence-corrected chi connectivity index (χ0v) is 11.1. The van der Waals surface area contributed by atoms with E-state index in [0.29, 0.717) is 13.1 Å². The molecule has 1 heterocycles. The summed E-state index contributed by atoms with van der Waals surface area (Å²) >= 11 is 0. The molecule has 4 heteroatoms. The topological polar surface area (TPSA) is 41.9 Å². The van der Waals surface area contributed by atoms with Gasteiger partial charge in [0.2, 0.25) is 5.91 Å². The Labute approximate surface area is 113 Å². The van der Waals surface area contributed by atoms with Gasteiger partial charge in [0.05, 0.1) is 12.3 Å². The second-order valence-electron chi connectivity index (χ2n) is 4.55. The van der Waals surface area contributed by atoms with Crippen molar-refractivity contribution in [3.8, 4) is 0 Å². The SMILES string of the molecule is C=CCN(CC1CC(c2ccccc2)=NO1)C(C)=O. The van der Waals surface area contributed by atoms with Crippen LogP contribution in [0.2, 0.25) is 0 Å². The first kappa shape index (κ1) is 13.3. The number of amides is 1. The van der Waals surface area contributed by atoms with Crippen LogP contribution in [0.4, 0.5) is 0 Å². The Hall–Kier alpha value is -2.10. The molecule has 1 amide bonds. The zero-order valence-electron chi connectivity index (χ0n) is 11.1. The molecule has 0 bridgehead atoms. The number of hydrogen-bond acceptors (Lipinski definition) is 3. The molecule has 0 N–H and O–H groups in total. The fourth-order valence-electron chi connectivity index (χ4n) is 2.06. The van der Waals surface area contributed by atoms with E-state index in [0.717, 1.165) is 17.7 Å². The summed E-state index contributed by atoms with van der Waals surface area (Å²) in [6.45, 7) is 6.29. The normalized spacial score (nSPS) is 17.5. The van der Waals surface area contributed by atoms with Gasteiger partial charge in [0.1, 0.15) is 0 Å². The molecule has 100 valence electrons. The van der Waals surface area contributed by atoms with Gasteiger partial charge in [0, 0.05) is 19.9 Å². The summed E-state index contributed by atoms with van der Waals surface area (Å²) < 4.78 is 0. The Kier molecular flexibility index (Phi) is 4.34. The van der Waals surface area contributed by atoms with Gasteiger partial charge >= 0.3 is 0 Å². The lowest BCUT2D eigenvalue weighted by Gasteiger charge is -2.21. The van der Waals surface area contributed by atoms with Gasteiger partial charge in [-0.05, 0) is 5.56 Å². The van der Waals surface area contributed by atoms with Crippen molar-refractivity contribution in [3.63, 3.8) is 0 Å².